The van der Waals surface area contributed by atoms with Crippen LogP contribution in [-0.4, -0.2) is 11.2 Å². The first-order chi connectivity index (χ1) is 6.33. The highest BCUT2D eigenvalue weighted by molar-refractivity contribution is 7.98. The van der Waals surface area contributed by atoms with Gasteiger partial charge in [0.1, 0.15) is 5.52 Å². The smallest absolute Gasteiger partial charge is 0.287 e. The molecule has 0 aliphatic carbocycles. The van der Waals surface area contributed by atoms with Crippen LogP contribution in [0.2, 0.25) is 0 Å². The van der Waals surface area contributed by atoms with Crippen molar-refractivity contribution in [2.75, 3.05) is 6.26 Å². The van der Waals surface area contributed by atoms with Gasteiger partial charge >= 0.3 is 0 Å². The van der Waals surface area contributed by atoms with Gasteiger partial charge in [-0.2, -0.15) is 0 Å². The van der Waals surface area contributed by atoms with Crippen LogP contribution in [0.5, 0.6) is 0 Å². The zero-order valence-electron chi connectivity index (χ0n) is 8.07. The molecule has 0 bridgehead atoms. The Morgan fingerprint density at radius 3 is 2.71 bits per heavy atom. The molecule has 1 aromatic heterocycles. The molecule has 2 nitrogen and oxygen atoms in total. The van der Waals surface area contributed by atoms with Crippen molar-refractivity contribution in [3.05, 3.63) is 30.6 Å². The Morgan fingerprint density at radius 2 is 2.00 bits per heavy atom. The minimum absolute atomic E-state index is 0. The summed E-state index contributed by atoms with van der Waals surface area (Å²) in [6, 6.07) is 8.31. The van der Waals surface area contributed by atoms with Crippen molar-refractivity contribution in [1.82, 2.24) is 4.98 Å². The second-order valence-electron chi connectivity index (χ2n) is 2.88. The Balaban J connectivity index is 0.000000980. The van der Waals surface area contributed by atoms with Crippen LogP contribution in [0.3, 0.4) is 0 Å². The van der Waals surface area contributed by atoms with Gasteiger partial charge < -0.3 is 24.0 Å². The lowest BCUT2D eigenvalue weighted by Gasteiger charge is -1.98. The van der Waals surface area contributed by atoms with E-state index in [2.05, 4.69) is 23.4 Å². The van der Waals surface area contributed by atoms with Gasteiger partial charge in [-0.3, -0.25) is 0 Å². The van der Waals surface area contributed by atoms with Gasteiger partial charge in [-0.1, -0.05) is 23.9 Å². The van der Waals surface area contributed by atoms with E-state index in [0.717, 1.165) is 5.03 Å². The summed E-state index contributed by atoms with van der Waals surface area (Å²) in [6.45, 7) is 0. The van der Waals surface area contributed by atoms with Gasteiger partial charge in [0.15, 0.2) is 0 Å². The largest absolute Gasteiger partial charge is 1.00 e. The predicted molar refractivity (Wildman–Crippen MR) is 54.7 cm³/mol. The molecule has 74 valence electrons. The van der Waals surface area contributed by atoms with E-state index in [4.69, 9.17) is 0 Å². The third-order valence-corrected chi connectivity index (χ3v) is 2.77. The molecule has 0 unspecified atom stereocenters. The van der Waals surface area contributed by atoms with E-state index in [1.807, 2.05) is 30.1 Å². The molecule has 0 saturated carbocycles. The van der Waals surface area contributed by atoms with Crippen molar-refractivity contribution in [3.8, 4) is 0 Å². The molecule has 2 rings (SSSR count). The molecule has 0 atom stereocenters. The fraction of sp³-hybridized carbons (Fsp3) is 0.200. The Labute approximate surface area is 105 Å². The number of benzene rings is 1. The van der Waals surface area contributed by atoms with E-state index in [9.17, 15) is 0 Å². The standard InChI is InChI=1S/C10H11N2S.HI/c1-12-7-11-10(13-2)8-5-3-4-6-9(8)12;/h3-7H,1-2H3;1H/q+1;/p-1. The van der Waals surface area contributed by atoms with Crippen LogP contribution in [0, 0.1) is 0 Å². The number of aryl methyl sites for hydroxylation is 1. The van der Waals surface area contributed by atoms with Gasteiger partial charge in [0.25, 0.3) is 6.33 Å². The van der Waals surface area contributed by atoms with Crippen molar-refractivity contribution in [3.63, 3.8) is 0 Å². The number of hydrogen-bond acceptors (Lipinski definition) is 2. The van der Waals surface area contributed by atoms with Gasteiger partial charge in [-0.15, -0.1) is 0 Å². The van der Waals surface area contributed by atoms with Crippen LogP contribution >= 0.6 is 11.8 Å². The molecule has 0 N–H and O–H groups in total. The number of hydrogen-bond donors (Lipinski definition) is 0. The number of thioether (sulfide) groups is 1. The zero-order chi connectivity index (χ0) is 9.26. The number of para-hydroxylation sites is 1. The molecule has 1 aromatic carbocycles. The van der Waals surface area contributed by atoms with Crippen LogP contribution in [0.4, 0.5) is 0 Å². The number of halogens is 1. The number of rotatable bonds is 1. The highest BCUT2D eigenvalue weighted by Gasteiger charge is 2.09. The van der Waals surface area contributed by atoms with Crippen LogP contribution in [-0.2, 0) is 7.05 Å². The van der Waals surface area contributed by atoms with E-state index in [1.165, 1.54) is 10.9 Å². The maximum absolute atomic E-state index is 4.35. The van der Waals surface area contributed by atoms with Gasteiger partial charge in [-0.05, 0) is 23.4 Å². The van der Waals surface area contributed by atoms with Gasteiger partial charge in [0, 0.05) is 0 Å². The van der Waals surface area contributed by atoms with E-state index < -0.39 is 0 Å². The molecule has 0 saturated heterocycles. The van der Waals surface area contributed by atoms with E-state index >= 15 is 0 Å². The Hall–Kier alpha value is -0.360. The van der Waals surface area contributed by atoms with Crippen LogP contribution in [0.15, 0.2) is 35.6 Å². The van der Waals surface area contributed by atoms with Crippen molar-refractivity contribution < 1.29 is 28.5 Å². The first-order valence-electron chi connectivity index (χ1n) is 4.10. The van der Waals surface area contributed by atoms with Gasteiger partial charge in [-0.25, -0.2) is 4.57 Å². The zero-order valence-corrected chi connectivity index (χ0v) is 11.0. The summed E-state index contributed by atoms with van der Waals surface area (Å²) >= 11 is 1.68. The molecular formula is C10H11IN2S. The summed E-state index contributed by atoms with van der Waals surface area (Å²) < 4.78 is 2.04. The molecule has 0 fully saturated rings. The summed E-state index contributed by atoms with van der Waals surface area (Å²) in [6.07, 6.45) is 3.91. The minimum atomic E-state index is 0. The van der Waals surface area contributed by atoms with Crippen LogP contribution < -0.4 is 28.5 Å². The lowest BCUT2D eigenvalue weighted by Crippen LogP contribution is -3.00. The number of fused-ring (bicyclic) bond motifs is 1. The molecule has 0 radical (unpaired) electrons. The summed E-state index contributed by atoms with van der Waals surface area (Å²) in [4.78, 5) is 4.35. The van der Waals surface area contributed by atoms with Crippen LogP contribution in [0.25, 0.3) is 10.9 Å². The molecule has 2 aromatic rings. The Kier molecular flexibility index (Phi) is 4.12. The molecular weight excluding hydrogens is 307 g/mol. The summed E-state index contributed by atoms with van der Waals surface area (Å²) in [7, 11) is 2.01. The summed E-state index contributed by atoms with van der Waals surface area (Å²) in [5, 5.41) is 2.31. The Morgan fingerprint density at radius 1 is 1.29 bits per heavy atom. The lowest BCUT2D eigenvalue weighted by atomic mass is 10.2. The molecule has 0 aliphatic rings. The topological polar surface area (TPSA) is 16.8 Å². The van der Waals surface area contributed by atoms with Crippen molar-refractivity contribution in [1.29, 1.82) is 0 Å². The predicted octanol–water partition coefficient (Wildman–Crippen LogP) is -1.21. The summed E-state index contributed by atoms with van der Waals surface area (Å²) in [5.41, 5.74) is 1.22. The van der Waals surface area contributed by atoms with Gasteiger partial charge in [0.2, 0.25) is 5.03 Å². The highest BCUT2D eigenvalue weighted by Crippen LogP contribution is 2.20. The van der Waals surface area contributed by atoms with Gasteiger partial charge in [0.05, 0.1) is 12.4 Å². The number of nitrogens with zero attached hydrogens (tertiary/aromatic N) is 2. The molecule has 14 heavy (non-hydrogen) atoms. The maximum Gasteiger partial charge on any atom is 0.287 e. The maximum atomic E-state index is 4.35. The SMILES string of the molecule is CSc1nc[n+](C)c2ccccc12.[I-]. The first kappa shape index (κ1) is 11.7. The fourth-order valence-electron chi connectivity index (χ4n) is 1.40. The quantitative estimate of drug-likeness (QED) is 0.284. The fourth-order valence-corrected chi connectivity index (χ4v) is 1.94. The van der Waals surface area contributed by atoms with Crippen molar-refractivity contribution in [2.45, 2.75) is 5.03 Å². The Bertz CT molecular complexity index is 445. The lowest BCUT2D eigenvalue weighted by molar-refractivity contribution is -0.648. The molecule has 4 heteroatoms. The second-order valence-corrected chi connectivity index (χ2v) is 3.68. The average Bonchev–Trinajstić information content (AvgIpc) is 2.19. The normalized spacial score (nSPS) is 9.86. The van der Waals surface area contributed by atoms with Crippen molar-refractivity contribution >= 4 is 22.7 Å². The highest BCUT2D eigenvalue weighted by atomic mass is 127. The van der Waals surface area contributed by atoms with Crippen molar-refractivity contribution in [2.24, 2.45) is 7.05 Å². The second kappa shape index (κ2) is 4.93. The number of aromatic nitrogens is 2. The molecule has 0 amide bonds. The third-order valence-electron chi connectivity index (χ3n) is 2.06. The third kappa shape index (κ3) is 2.00. The first-order valence-corrected chi connectivity index (χ1v) is 5.33. The molecule has 0 aliphatic heterocycles. The van der Waals surface area contributed by atoms with Crippen LogP contribution in [0.1, 0.15) is 0 Å². The van der Waals surface area contributed by atoms with E-state index in [1.54, 1.807) is 11.8 Å². The summed E-state index contributed by atoms with van der Waals surface area (Å²) in [5.74, 6) is 0. The monoisotopic (exact) mass is 318 g/mol. The van der Waals surface area contributed by atoms with E-state index in [0.29, 0.717) is 0 Å². The average molecular weight is 318 g/mol. The minimum Gasteiger partial charge on any atom is -1.00 e. The molecule has 1 heterocycles. The molecule has 0 spiro atoms. The van der Waals surface area contributed by atoms with E-state index in [-0.39, 0.29) is 24.0 Å².